The molecule has 0 saturated carbocycles. The smallest absolute Gasteiger partial charge is 0.293 e. The lowest BCUT2D eigenvalue weighted by Gasteiger charge is -2.08. The Balaban J connectivity index is 2.38. The summed E-state index contributed by atoms with van der Waals surface area (Å²) in [4.78, 5) is 21.7. The average molecular weight is 415 g/mol. The van der Waals surface area contributed by atoms with Crippen molar-refractivity contribution in [2.24, 2.45) is 0 Å². The second kappa shape index (κ2) is 6.97. The van der Waals surface area contributed by atoms with Crippen molar-refractivity contribution in [2.75, 3.05) is 7.11 Å². The van der Waals surface area contributed by atoms with Gasteiger partial charge in [0.15, 0.2) is 4.90 Å². The molecule has 2 aromatic rings. The van der Waals surface area contributed by atoms with Crippen molar-refractivity contribution >= 4 is 37.5 Å². The van der Waals surface area contributed by atoms with Crippen LogP contribution < -0.4 is 9.46 Å². The largest absolute Gasteiger partial charge is 0.497 e. The molecular formula is C14H11BrN2O6S. The van der Waals surface area contributed by atoms with Crippen molar-refractivity contribution in [3.05, 3.63) is 62.6 Å². The third-order valence-corrected chi connectivity index (χ3v) is 4.89. The second-order valence-corrected chi connectivity index (χ2v) is 7.10. The monoisotopic (exact) mass is 414 g/mol. The number of carbonyl (C=O) groups is 1. The molecule has 0 radical (unpaired) electrons. The third-order valence-electron chi connectivity index (χ3n) is 2.99. The van der Waals surface area contributed by atoms with Crippen LogP contribution in [0.5, 0.6) is 5.75 Å². The Labute approximate surface area is 145 Å². The molecule has 0 aliphatic carbocycles. The Morgan fingerprint density at radius 3 is 2.38 bits per heavy atom. The molecule has 0 bridgehead atoms. The van der Waals surface area contributed by atoms with Crippen LogP contribution in [0.1, 0.15) is 10.4 Å². The predicted molar refractivity (Wildman–Crippen MR) is 88.4 cm³/mol. The number of nitrogens with zero attached hydrogens (tertiary/aromatic N) is 1. The number of ether oxygens (including phenoxy) is 1. The maximum atomic E-state index is 12.3. The van der Waals surface area contributed by atoms with E-state index in [2.05, 4.69) is 15.9 Å². The summed E-state index contributed by atoms with van der Waals surface area (Å²) >= 11 is 3.19. The zero-order valence-corrected chi connectivity index (χ0v) is 14.6. The molecule has 0 heterocycles. The molecule has 2 aromatic carbocycles. The highest BCUT2D eigenvalue weighted by Crippen LogP contribution is 2.28. The molecule has 126 valence electrons. The number of nitrogens with one attached hydrogen (secondary N) is 1. The van der Waals surface area contributed by atoms with E-state index in [0.29, 0.717) is 4.47 Å². The van der Waals surface area contributed by atoms with Gasteiger partial charge in [-0.2, -0.15) is 0 Å². The molecule has 8 nitrogen and oxygen atoms in total. The number of halogens is 1. The third kappa shape index (κ3) is 3.89. The van der Waals surface area contributed by atoms with E-state index in [9.17, 15) is 23.3 Å². The van der Waals surface area contributed by atoms with Crippen molar-refractivity contribution in [3.63, 3.8) is 0 Å². The number of carbonyl (C=O) groups excluding carboxylic acids is 1. The first-order chi connectivity index (χ1) is 11.2. The summed E-state index contributed by atoms with van der Waals surface area (Å²) in [6.45, 7) is 0. The minimum atomic E-state index is -4.43. The second-order valence-electron chi connectivity index (χ2n) is 4.53. The van der Waals surface area contributed by atoms with Gasteiger partial charge in [-0.15, -0.1) is 0 Å². The van der Waals surface area contributed by atoms with Crippen LogP contribution in [0.15, 0.2) is 51.8 Å². The standard InChI is InChI=1S/C14H11BrN2O6S/c1-23-11-6-7-13(12(8-11)17(19)20)24(21,22)16-14(18)9-2-4-10(15)5-3-9/h2-8H,1H3,(H,16,18). The lowest BCUT2D eigenvalue weighted by molar-refractivity contribution is -0.387. The SMILES string of the molecule is COc1ccc(S(=O)(=O)NC(=O)c2ccc(Br)cc2)c([N+](=O)[O-])c1. The maximum Gasteiger partial charge on any atom is 0.293 e. The van der Waals surface area contributed by atoms with Gasteiger partial charge in [0, 0.05) is 10.0 Å². The highest BCUT2D eigenvalue weighted by atomic mass is 79.9. The van der Waals surface area contributed by atoms with Crippen molar-refractivity contribution in [1.29, 1.82) is 0 Å². The molecule has 0 aliphatic rings. The molecule has 0 aliphatic heterocycles. The minimum absolute atomic E-state index is 0.0953. The van der Waals surface area contributed by atoms with Gasteiger partial charge in [0.25, 0.3) is 21.6 Å². The van der Waals surface area contributed by atoms with E-state index in [0.717, 1.165) is 12.1 Å². The molecule has 10 heteroatoms. The van der Waals surface area contributed by atoms with Crippen LogP contribution in [-0.4, -0.2) is 26.4 Å². The number of sulfonamides is 1. The van der Waals surface area contributed by atoms with Crippen molar-refractivity contribution in [2.45, 2.75) is 4.90 Å². The van der Waals surface area contributed by atoms with E-state index in [1.165, 1.54) is 25.3 Å². The van der Waals surface area contributed by atoms with E-state index in [1.807, 2.05) is 4.72 Å². The first-order valence-corrected chi connectivity index (χ1v) is 8.67. The van der Waals surface area contributed by atoms with E-state index in [-0.39, 0.29) is 11.3 Å². The van der Waals surface area contributed by atoms with E-state index in [4.69, 9.17) is 4.74 Å². The fourth-order valence-electron chi connectivity index (χ4n) is 1.83. The number of methoxy groups -OCH3 is 1. The number of nitro benzene ring substituents is 1. The van der Waals surface area contributed by atoms with Crippen LogP contribution in [0.3, 0.4) is 0 Å². The Morgan fingerprint density at radius 1 is 1.21 bits per heavy atom. The number of amides is 1. The minimum Gasteiger partial charge on any atom is -0.497 e. The van der Waals surface area contributed by atoms with Crippen LogP contribution in [-0.2, 0) is 10.0 Å². The first kappa shape index (κ1) is 17.9. The molecule has 0 atom stereocenters. The Kier molecular flexibility index (Phi) is 5.20. The molecule has 1 amide bonds. The summed E-state index contributed by atoms with van der Waals surface area (Å²) in [6, 6.07) is 9.20. The zero-order chi connectivity index (χ0) is 17.9. The van der Waals surface area contributed by atoms with Crippen LogP contribution in [0.25, 0.3) is 0 Å². The van der Waals surface area contributed by atoms with Crippen LogP contribution in [0.2, 0.25) is 0 Å². The zero-order valence-electron chi connectivity index (χ0n) is 12.2. The molecule has 0 saturated heterocycles. The number of benzene rings is 2. The lowest BCUT2D eigenvalue weighted by atomic mass is 10.2. The quantitative estimate of drug-likeness (QED) is 0.593. The van der Waals surface area contributed by atoms with Gasteiger partial charge in [0.05, 0.1) is 18.1 Å². The highest BCUT2D eigenvalue weighted by molar-refractivity contribution is 9.10. The highest BCUT2D eigenvalue weighted by Gasteiger charge is 2.28. The maximum absolute atomic E-state index is 12.3. The summed E-state index contributed by atoms with van der Waals surface area (Å²) in [5.74, 6) is -0.771. The Bertz CT molecular complexity index is 896. The van der Waals surface area contributed by atoms with Gasteiger partial charge in [0.1, 0.15) is 5.75 Å². The van der Waals surface area contributed by atoms with Gasteiger partial charge >= 0.3 is 0 Å². The molecular weight excluding hydrogens is 404 g/mol. The fraction of sp³-hybridized carbons (Fsp3) is 0.0714. The molecule has 1 N–H and O–H groups in total. The number of hydrogen-bond donors (Lipinski definition) is 1. The Hall–Kier alpha value is -2.46. The molecule has 0 fully saturated rings. The predicted octanol–water partition coefficient (Wildman–Crippen LogP) is 2.48. The molecule has 0 aromatic heterocycles. The average Bonchev–Trinajstić information content (AvgIpc) is 2.54. The topological polar surface area (TPSA) is 116 Å². The van der Waals surface area contributed by atoms with Crippen molar-refractivity contribution < 1.29 is 22.9 Å². The van der Waals surface area contributed by atoms with E-state index < -0.39 is 31.4 Å². The van der Waals surface area contributed by atoms with Gasteiger partial charge in [-0.25, -0.2) is 13.1 Å². The van der Waals surface area contributed by atoms with Crippen molar-refractivity contribution in [1.82, 2.24) is 4.72 Å². The fourth-order valence-corrected chi connectivity index (χ4v) is 3.22. The van der Waals surface area contributed by atoms with Crippen LogP contribution >= 0.6 is 15.9 Å². The summed E-state index contributed by atoms with van der Waals surface area (Å²) in [6.07, 6.45) is 0. The normalized spacial score (nSPS) is 10.9. The van der Waals surface area contributed by atoms with E-state index in [1.54, 1.807) is 12.1 Å². The molecule has 2 rings (SSSR count). The number of rotatable bonds is 5. The van der Waals surface area contributed by atoms with Gasteiger partial charge < -0.3 is 4.74 Å². The molecule has 0 unspecified atom stereocenters. The lowest BCUT2D eigenvalue weighted by Crippen LogP contribution is -2.31. The van der Waals surface area contributed by atoms with Crippen LogP contribution in [0.4, 0.5) is 5.69 Å². The van der Waals surface area contributed by atoms with Gasteiger partial charge in [0.2, 0.25) is 0 Å². The summed E-state index contributed by atoms with van der Waals surface area (Å²) in [7, 11) is -3.13. The number of nitro groups is 1. The summed E-state index contributed by atoms with van der Waals surface area (Å²) < 4.78 is 32.0. The number of hydrogen-bond acceptors (Lipinski definition) is 6. The van der Waals surface area contributed by atoms with Gasteiger partial charge in [-0.3, -0.25) is 14.9 Å². The summed E-state index contributed by atoms with van der Waals surface area (Å²) in [5.41, 5.74) is -0.594. The van der Waals surface area contributed by atoms with Crippen LogP contribution in [0, 0.1) is 10.1 Å². The molecule has 0 spiro atoms. The molecule has 24 heavy (non-hydrogen) atoms. The van der Waals surface area contributed by atoms with E-state index >= 15 is 0 Å². The summed E-state index contributed by atoms with van der Waals surface area (Å²) in [5, 5.41) is 11.1. The van der Waals surface area contributed by atoms with Gasteiger partial charge in [-0.05, 0) is 36.4 Å². The van der Waals surface area contributed by atoms with Gasteiger partial charge in [-0.1, -0.05) is 15.9 Å². The first-order valence-electron chi connectivity index (χ1n) is 6.40. The van der Waals surface area contributed by atoms with Crippen molar-refractivity contribution in [3.8, 4) is 5.75 Å². The Morgan fingerprint density at radius 2 is 1.83 bits per heavy atom.